The highest BCUT2D eigenvalue weighted by Gasteiger charge is 2.16. The first-order valence-electron chi connectivity index (χ1n) is 6.69. The van der Waals surface area contributed by atoms with Crippen molar-refractivity contribution in [2.75, 3.05) is 7.05 Å². The number of nitrogens with one attached hydrogen (secondary N) is 1. The van der Waals surface area contributed by atoms with Gasteiger partial charge in [0.15, 0.2) is 0 Å². The van der Waals surface area contributed by atoms with Crippen LogP contribution in [0, 0.1) is 3.57 Å². The van der Waals surface area contributed by atoms with Crippen molar-refractivity contribution in [3.63, 3.8) is 0 Å². The lowest BCUT2D eigenvalue weighted by Gasteiger charge is -2.18. The molecule has 0 aliphatic rings. The SMILES string of the molecule is CCc1cc(CC(NC)c2cc(Cl)ccc2I)n(C)n1. The minimum absolute atomic E-state index is 0.237. The van der Waals surface area contributed by atoms with E-state index in [-0.39, 0.29) is 6.04 Å². The van der Waals surface area contributed by atoms with E-state index in [9.17, 15) is 0 Å². The maximum absolute atomic E-state index is 6.13. The van der Waals surface area contributed by atoms with E-state index in [0.29, 0.717) is 0 Å². The molecule has 1 atom stereocenters. The first-order chi connectivity index (χ1) is 9.55. The lowest BCUT2D eigenvalue weighted by molar-refractivity contribution is 0.559. The van der Waals surface area contributed by atoms with Gasteiger partial charge >= 0.3 is 0 Å². The fourth-order valence-corrected chi connectivity index (χ4v) is 3.19. The van der Waals surface area contributed by atoms with Crippen molar-refractivity contribution in [2.45, 2.75) is 25.8 Å². The number of aromatic nitrogens is 2. The molecule has 1 N–H and O–H groups in total. The lowest BCUT2D eigenvalue weighted by Crippen LogP contribution is -2.21. The highest BCUT2D eigenvalue weighted by Crippen LogP contribution is 2.26. The molecule has 108 valence electrons. The molecule has 1 unspecified atom stereocenters. The summed E-state index contributed by atoms with van der Waals surface area (Å²) >= 11 is 8.49. The van der Waals surface area contributed by atoms with Crippen molar-refractivity contribution in [1.29, 1.82) is 0 Å². The number of hydrogen-bond donors (Lipinski definition) is 1. The molecular formula is C15H19ClIN3. The monoisotopic (exact) mass is 403 g/mol. The maximum atomic E-state index is 6.13. The van der Waals surface area contributed by atoms with Gasteiger partial charge in [-0.2, -0.15) is 5.10 Å². The summed E-state index contributed by atoms with van der Waals surface area (Å²) < 4.78 is 3.20. The van der Waals surface area contributed by atoms with Gasteiger partial charge < -0.3 is 5.32 Å². The van der Waals surface area contributed by atoms with Crippen molar-refractivity contribution in [1.82, 2.24) is 15.1 Å². The summed E-state index contributed by atoms with van der Waals surface area (Å²) in [5, 5.41) is 8.67. The molecule has 1 aromatic heterocycles. The summed E-state index contributed by atoms with van der Waals surface area (Å²) in [5.74, 6) is 0. The summed E-state index contributed by atoms with van der Waals surface area (Å²) in [7, 11) is 3.99. The van der Waals surface area contributed by atoms with Gasteiger partial charge in [-0.25, -0.2) is 0 Å². The number of nitrogens with zero attached hydrogens (tertiary/aromatic N) is 2. The number of rotatable bonds is 5. The van der Waals surface area contributed by atoms with Gasteiger partial charge in [-0.15, -0.1) is 0 Å². The predicted octanol–water partition coefficient (Wildman–Crippen LogP) is 3.74. The molecular weight excluding hydrogens is 385 g/mol. The maximum Gasteiger partial charge on any atom is 0.0624 e. The first-order valence-corrected chi connectivity index (χ1v) is 8.14. The molecule has 0 saturated heterocycles. The molecule has 0 radical (unpaired) electrons. The van der Waals surface area contributed by atoms with Crippen LogP contribution in [0.1, 0.15) is 29.9 Å². The van der Waals surface area contributed by atoms with Gasteiger partial charge in [0.25, 0.3) is 0 Å². The Labute approximate surface area is 138 Å². The Bertz CT molecular complexity index is 595. The zero-order valence-electron chi connectivity index (χ0n) is 12.0. The molecule has 0 aliphatic carbocycles. The molecule has 0 aliphatic heterocycles. The van der Waals surface area contributed by atoms with Crippen molar-refractivity contribution < 1.29 is 0 Å². The van der Waals surface area contributed by atoms with Gasteiger partial charge in [0.2, 0.25) is 0 Å². The average Bonchev–Trinajstić information content (AvgIpc) is 2.79. The van der Waals surface area contributed by atoms with Gasteiger partial charge in [-0.1, -0.05) is 18.5 Å². The third-order valence-corrected chi connectivity index (χ3v) is 4.70. The zero-order valence-corrected chi connectivity index (χ0v) is 14.9. The Hall–Kier alpha value is -0.590. The number of aryl methyl sites for hydroxylation is 2. The van der Waals surface area contributed by atoms with Crippen LogP contribution in [0.3, 0.4) is 0 Å². The molecule has 0 amide bonds. The number of halogens is 2. The van der Waals surface area contributed by atoms with Crippen molar-refractivity contribution in [3.8, 4) is 0 Å². The van der Waals surface area contributed by atoms with Crippen LogP contribution in [0.2, 0.25) is 5.02 Å². The normalized spacial score (nSPS) is 12.7. The molecule has 2 aromatic rings. The van der Waals surface area contributed by atoms with Crippen LogP contribution in [0.15, 0.2) is 24.3 Å². The molecule has 2 rings (SSSR count). The molecule has 1 aromatic carbocycles. The Morgan fingerprint density at radius 2 is 2.15 bits per heavy atom. The lowest BCUT2D eigenvalue weighted by atomic mass is 10.0. The summed E-state index contributed by atoms with van der Waals surface area (Å²) in [6, 6.07) is 8.45. The Morgan fingerprint density at radius 1 is 1.40 bits per heavy atom. The first kappa shape index (κ1) is 15.8. The molecule has 0 fully saturated rings. The second kappa shape index (κ2) is 6.91. The molecule has 0 bridgehead atoms. The summed E-state index contributed by atoms with van der Waals surface area (Å²) in [6.07, 6.45) is 1.86. The smallest absolute Gasteiger partial charge is 0.0624 e. The molecule has 5 heteroatoms. The van der Waals surface area contributed by atoms with Gasteiger partial charge in [0, 0.05) is 33.8 Å². The van der Waals surface area contributed by atoms with Gasteiger partial charge in [0.1, 0.15) is 0 Å². The van der Waals surface area contributed by atoms with Gasteiger partial charge in [0.05, 0.1) is 5.69 Å². The van der Waals surface area contributed by atoms with Crippen molar-refractivity contribution >= 4 is 34.2 Å². The second-order valence-electron chi connectivity index (χ2n) is 4.82. The average molecular weight is 404 g/mol. The predicted molar refractivity (Wildman–Crippen MR) is 92.3 cm³/mol. The zero-order chi connectivity index (χ0) is 14.7. The van der Waals surface area contributed by atoms with Crippen LogP contribution in [-0.2, 0) is 19.9 Å². The Morgan fingerprint density at radius 3 is 2.75 bits per heavy atom. The van der Waals surface area contributed by atoms with E-state index in [4.69, 9.17) is 11.6 Å². The fourth-order valence-electron chi connectivity index (χ4n) is 2.29. The molecule has 0 saturated carbocycles. The van der Waals surface area contributed by atoms with Crippen LogP contribution in [0.5, 0.6) is 0 Å². The highest BCUT2D eigenvalue weighted by molar-refractivity contribution is 14.1. The Kier molecular flexibility index (Phi) is 5.46. The van der Waals surface area contributed by atoms with E-state index in [1.165, 1.54) is 14.8 Å². The van der Waals surface area contributed by atoms with E-state index >= 15 is 0 Å². The third kappa shape index (κ3) is 3.54. The van der Waals surface area contributed by atoms with E-state index in [1.807, 2.05) is 30.9 Å². The van der Waals surface area contributed by atoms with Gasteiger partial charge in [-0.3, -0.25) is 4.68 Å². The number of hydrogen-bond acceptors (Lipinski definition) is 2. The minimum Gasteiger partial charge on any atom is -0.313 e. The molecule has 1 heterocycles. The topological polar surface area (TPSA) is 29.9 Å². The summed E-state index contributed by atoms with van der Waals surface area (Å²) in [4.78, 5) is 0. The van der Waals surface area contributed by atoms with Crippen molar-refractivity contribution in [3.05, 3.63) is 49.8 Å². The third-order valence-electron chi connectivity index (χ3n) is 3.48. The summed E-state index contributed by atoms with van der Waals surface area (Å²) in [5.41, 5.74) is 3.61. The van der Waals surface area contributed by atoms with Crippen LogP contribution in [0.4, 0.5) is 0 Å². The highest BCUT2D eigenvalue weighted by atomic mass is 127. The van der Waals surface area contributed by atoms with E-state index in [2.05, 4.69) is 52.1 Å². The van der Waals surface area contributed by atoms with Crippen molar-refractivity contribution in [2.24, 2.45) is 7.05 Å². The molecule has 3 nitrogen and oxygen atoms in total. The fraction of sp³-hybridized carbons (Fsp3) is 0.400. The molecule has 0 spiro atoms. The second-order valence-corrected chi connectivity index (χ2v) is 6.41. The van der Waals surface area contributed by atoms with E-state index in [0.717, 1.165) is 23.6 Å². The van der Waals surface area contributed by atoms with Crippen LogP contribution in [0.25, 0.3) is 0 Å². The van der Waals surface area contributed by atoms with Gasteiger partial charge in [-0.05, 0) is 65.9 Å². The molecule has 20 heavy (non-hydrogen) atoms. The van der Waals surface area contributed by atoms with E-state index in [1.54, 1.807) is 0 Å². The van der Waals surface area contributed by atoms with Crippen LogP contribution in [-0.4, -0.2) is 16.8 Å². The van der Waals surface area contributed by atoms with E-state index < -0.39 is 0 Å². The van der Waals surface area contributed by atoms with Crippen LogP contribution < -0.4 is 5.32 Å². The minimum atomic E-state index is 0.237. The quantitative estimate of drug-likeness (QED) is 0.771. The Balaban J connectivity index is 2.28. The number of likely N-dealkylation sites (N-methyl/N-ethyl adjacent to an activating group) is 1. The summed E-state index contributed by atoms with van der Waals surface area (Å²) in [6.45, 7) is 2.13. The number of benzene rings is 1. The standard InChI is InChI=1S/C15H19ClIN3/c1-4-11-8-12(20(3)19-11)9-15(18-2)13-7-10(16)5-6-14(13)17/h5-8,15,18H,4,9H2,1-3H3. The largest absolute Gasteiger partial charge is 0.313 e. The van der Waals surface area contributed by atoms with Crippen LogP contribution >= 0.6 is 34.2 Å².